The van der Waals surface area contributed by atoms with Crippen LogP contribution in [-0.2, 0) is 16.0 Å². The molecule has 2 atom stereocenters. The van der Waals surface area contributed by atoms with E-state index >= 15 is 0 Å². The zero-order valence-electron chi connectivity index (χ0n) is 19.6. The Morgan fingerprint density at radius 3 is 2.64 bits per heavy atom. The molecule has 2 aromatic rings. The number of benzene rings is 2. The van der Waals surface area contributed by atoms with Crippen LogP contribution in [0, 0.1) is 17.7 Å². The number of hydrogen-bond donors (Lipinski definition) is 1. The van der Waals surface area contributed by atoms with Crippen LogP contribution in [-0.4, -0.2) is 35.9 Å². The molecule has 1 fully saturated rings. The van der Waals surface area contributed by atoms with Crippen LogP contribution in [0.15, 0.2) is 42.5 Å². The van der Waals surface area contributed by atoms with Gasteiger partial charge in [0.15, 0.2) is 6.10 Å². The van der Waals surface area contributed by atoms with E-state index in [2.05, 4.69) is 5.32 Å². The molecule has 2 aromatic carbocycles. The summed E-state index contributed by atoms with van der Waals surface area (Å²) in [5.74, 6) is 1.01. The Morgan fingerprint density at radius 2 is 1.94 bits per heavy atom. The molecular weight excluding hydrogens is 419 g/mol. The second-order valence-electron chi connectivity index (χ2n) is 9.70. The van der Waals surface area contributed by atoms with Crippen LogP contribution in [0.5, 0.6) is 5.75 Å². The Morgan fingerprint density at radius 1 is 1.15 bits per heavy atom. The van der Waals surface area contributed by atoms with Crippen molar-refractivity contribution in [1.29, 1.82) is 0 Å². The summed E-state index contributed by atoms with van der Waals surface area (Å²) >= 11 is 0. The van der Waals surface area contributed by atoms with Gasteiger partial charge in [-0.1, -0.05) is 32.0 Å². The van der Waals surface area contributed by atoms with Gasteiger partial charge in [0.2, 0.25) is 5.91 Å². The van der Waals surface area contributed by atoms with Crippen molar-refractivity contribution in [3.05, 3.63) is 65.0 Å². The lowest BCUT2D eigenvalue weighted by Crippen LogP contribution is -2.41. The van der Waals surface area contributed by atoms with Crippen molar-refractivity contribution in [3.8, 4) is 5.75 Å². The number of fused-ring (bicyclic) bond motifs is 1. The van der Waals surface area contributed by atoms with Gasteiger partial charge in [-0.15, -0.1) is 0 Å². The van der Waals surface area contributed by atoms with E-state index in [1.807, 2.05) is 43.0 Å². The first-order valence-corrected chi connectivity index (χ1v) is 11.9. The Kier molecular flexibility index (Phi) is 7.01. The molecule has 0 radical (unpaired) electrons. The van der Waals surface area contributed by atoms with Gasteiger partial charge in [-0.05, 0) is 79.0 Å². The summed E-state index contributed by atoms with van der Waals surface area (Å²) in [7, 11) is 0. The molecule has 2 amide bonds. The van der Waals surface area contributed by atoms with E-state index in [1.54, 1.807) is 13.0 Å². The highest BCUT2D eigenvalue weighted by Crippen LogP contribution is 2.38. The molecule has 6 heteroatoms. The highest BCUT2D eigenvalue weighted by atomic mass is 19.1. The lowest BCUT2D eigenvalue weighted by molar-refractivity contribution is -0.134. The minimum Gasteiger partial charge on any atom is -0.481 e. The largest absolute Gasteiger partial charge is 0.481 e. The average Bonchev–Trinajstić information content (AvgIpc) is 3.60. The highest BCUT2D eigenvalue weighted by Gasteiger charge is 2.33. The van der Waals surface area contributed by atoms with E-state index in [-0.39, 0.29) is 23.5 Å². The van der Waals surface area contributed by atoms with Crippen LogP contribution < -0.4 is 10.1 Å². The first kappa shape index (κ1) is 23.3. The molecule has 1 aliphatic heterocycles. The summed E-state index contributed by atoms with van der Waals surface area (Å²) in [6.45, 7) is 7.07. The van der Waals surface area contributed by atoms with Gasteiger partial charge in [0.1, 0.15) is 11.6 Å². The van der Waals surface area contributed by atoms with E-state index < -0.39 is 12.1 Å². The van der Waals surface area contributed by atoms with Gasteiger partial charge in [0.25, 0.3) is 5.91 Å². The van der Waals surface area contributed by atoms with Crippen LogP contribution in [0.25, 0.3) is 0 Å². The van der Waals surface area contributed by atoms with Crippen molar-refractivity contribution < 1.29 is 18.7 Å². The van der Waals surface area contributed by atoms with Crippen molar-refractivity contribution in [2.24, 2.45) is 11.8 Å². The van der Waals surface area contributed by atoms with Crippen molar-refractivity contribution >= 4 is 11.8 Å². The summed E-state index contributed by atoms with van der Waals surface area (Å²) in [5.41, 5.74) is 2.77. The summed E-state index contributed by atoms with van der Waals surface area (Å²) in [5, 5.41) is 2.95. The highest BCUT2D eigenvalue weighted by molar-refractivity contribution is 5.80. The van der Waals surface area contributed by atoms with Gasteiger partial charge >= 0.3 is 0 Å². The lowest BCUT2D eigenvalue weighted by Gasteiger charge is -2.38. The number of halogens is 1. The number of nitrogens with one attached hydrogen (secondary N) is 1. The second kappa shape index (κ2) is 9.94. The molecule has 1 aliphatic carbocycles. The zero-order chi connectivity index (χ0) is 23.5. The monoisotopic (exact) mass is 452 g/mol. The molecule has 1 N–H and O–H groups in total. The van der Waals surface area contributed by atoms with Crippen molar-refractivity contribution in [2.45, 2.75) is 58.6 Å². The number of amides is 2. The van der Waals surface area contributed by atoms with Gasteiger partial charge in [0.05, 0.1) is 6.04 Å². The maximum atomic E-state index is 14.1. The lowest BCUT2D eigenvalue weighted by atomic mass is 9.87. The van der Waals surface area contributed by atoms with Gasteiger partial charge in [0, 0.05) is 19.5 Å². The minimum absolute atomic E-state index is 0.0593. The van der Waals surface area contributed by atoms with E-state index in [0.29, 0.717) is 31.2 Å². The summed E-state index contributed by atoms with van der Waals surface area (Å²) in [4.78, 5) is 27.4. The SMILES string of the molecule is CC(C)CC(=O)N1CCc2ccc(O[C@H](C)C(=O)NCC3CC3)cc2[C@H]1c1cccc(F)c1. The Bertz CT molecular complexity index is 1020. The van der Waals surface area contributed by atoms with Gasteiger partial charge in [-0.25, -0.2) is 4.39 Å². The van der Waals surface area contributed by atoms with Crippen LogP contribution in [0.3, 0.4) is 0 Å². The molecule has 5 nitrogen and oxygen atoms in total. The number of rotatable bonds is 8. The normalized spacial score (nSPS) is 18.6. The second-order valence-corrected chi connectivity index (χ2v) is 9.70. The van der Waals surface area contributed by atoms with Crippen LogP contribution in [0.4, 0.5) is 4.39 Å². The average molecular weight is 453 g/mol. The molecule has 0 spiro atoms. The van der Waals surface area contributed by atoms with Gasteiger partial charge in [-0.3, -0.25) is 9.59 Å². The molecule has 1 saturated carbocycles. The Balaban J connectivity index is 1.61. The third kappa shape index (κ3) is 5.73. The van der Waals surface area contributed by atoms with Gasteiger partial charge in [-0.2, -0.15) is 0 Å². The molecule has 33 heavy (non-hydrogen) atoms. The van der Waals surface area contributed by atoms with Crippen molar-refractivity contribution in [3.63, 3.8) is 0 Å². The number of ether oxygens (including phenoxy) is 1. The first-order valence-electron chi connectivity index (χ1n) is 11.9. The summed E-state index contributed by atoms with van der Waals surface area (Å²) in [6.07, 6.45) is 2.89. The summed E-state index contributed by atoms with van der Waals surface area (Å²) < 4.78 is 20.1. The summed E-state index contributed by atoms with van der Waals surface area (Å²) in [6, 6.07) is 11.8. The maximum absolute atomic E-state index is 14.1. The van der Waals surface area contributed by atoms with Gasteiger partial charge < -0.3 is 15.0 Å². The van der Waals surface area contributed by atoms with E-state index in [0.717, 1.165) is 23.1 Å². The van der Waals surface area contributed by atoms with E-state index in [4.69, 9.17) is 4.74 Å². The third-order valence-electron chi connectivity index (χ3n) is 6.36. The smallest absolute Gasteiger partial charge is 0.260 e. The molecule has 0 saturated heterocycles. The molecule has 1 heterocycles. The molecule has 4 rings (SSSR count). The fourth-order valence-electron chi connectivity index (χ4n) is 4.41. The zero-order valence-corrected chi connectivity index (χ0v) is 19.6. The minimum atomic E-state index is -0.628. The standard InChI is InChI=1S/C27H33FN2O3/c1-17(2)13-25(31)30-12-11-20-9-10-23(33-18(3)27(32)29-16-19-7-8-19)15-24(20)26(30)21-5-4-6-22(28)14-21/h4-6,9-10,14-15,17-19,26H,7-8,11-13,16H2,1-3H3,(H,29,32)/t18-,26-/m1/s1. The molecular formula is C27H33FN2O3. The van der Waals surface area contributed by atoms with Crippen molar-refractivity contribution in [2.75, 3.05) is 13.1 Å². The van der Waals surface area contributed by atoms with Crippen molar-refractivity contribution in [1.82, 2.24) is 10.2 Å². The number of carbonyl (C=O) groups excluding carboxylic acids is 2. The Hall–Kier alpha value is -2.89. The van der Waals surface area contributed by atoms with E-state index in [1.165, 1.54) is 25.0 Å². The number of carbonyl (C=O) groups is 2. The fraction of sp³-hybridized carbons (Fsp3) is 0.481. The molecule has 0 bridgehead atoms. The predicted octanol–water partition coefficient (Wildman–Crippen LogP) is 4.64. The fourth-order valence-corrected chi connectivity index (χ4v) is 4.41. The van der Waals surface area contributed by atoms with Crippen LogP contribution >= 0.6 is 0 Å². The van der Waals surface area contributed by atoms with E-state index in [9.17, 15) is 14.0 Å². The molecule has 0 unspecified atom stereocenters. The molecule has 2 aliphatic rings. The maximum Gasteiger partial charge on any atom is 0.260 e. The Labute approximate surface area is 195 Å². The number of hydrogen-bond acceptors (Lipinski definition) is 3. The predicted molar refractivity (Wildman–Crippen MR) is 125 cm³/mol. The number of nitrogens with zero attached hydrogens (tertiary/aromatic N) is 1. The topological polar surface area (TPSA) is 58.6 Å². The first-order chi connectivity index (χ1) is 15.8. The molecule has 176 valence electrons. The quantitative estimate of drug-likeness (QED) is 0.635. The van der Waals surface area contributed by atoms with Crippen LogP contribution in [0.2, 0.25) is 0 Å². The van der Waals surface area contributed by atoms with Crippen LogP contribution in [0.1, 0.15) is 62.8 Å². The third-order valence-corrected chi connectivity index (χ3v) is 6.36. The molecule has 0 aromatic heterocycles.